The smallest absolute Gasteiger partial charge is 0.219 e. The number of hydrogen-bond donors (Lipinski definition) is 2. The van der Waals surface area contributed by atoms with Crippen LogP contribution in [0.25, 0.3) is 22.3 Å². The third-order valence-corrected chi connectivity index (χ3v) is 4.71. The second kappa shape index (κ2) is 9.50. The van der Waals surface area contributed by atoms with E-state index in [2.05, 4.69) is 6.58 Å². The molecule has 1 atom stereocenters. The highest BCUT2D eigenvalue weighted by atomic mass is 19.1. The number of benzene rings is 3. The molecule has 4 heteroatoms. The van der Waals surface area contributed by atoms with Crippen LogP contribution in [0.4, 0.5) is 4.39 Å². The Morgan fingerprint density at radius 3 is 2.17 bits per heavy atom. The van der Waals surface area contributed by atoms with Crippen LogP contribution in [0.3, 0.4) is 0 Å². The van der Waals surface area contributed by atoms with Crippen LogP contribution in [0.1, 0.15) is 18.9 Å². The van der Waals surface area contributed by atoms with E-state index in [0.29, 0.717) is 16.9 Å². The summed E-state index contributed by atoms with van der Waals surface area (Å²) in [7, 11) is 0. The zero-order valence-corrected chi connectivity index (χ0v) is 16.4. The van der Waals surface area contributed by atoms with E-state index in [9.17, 15) is 9.50 Å². The van der Waals surface area contributed by atoms with Gasteiger partial charge in [0, 0.05) is 12.2 Å². The Labute approximate surface area is 170 Å². The number of rotatable bonds is 8. The van der Waals surface area contributed by atoms with Gasteiger partial charge in [-0.15, -0.1) is 0 Å². The standard InChI is InChI=1S/C25H25FO3/c1-17(2)25(28)29-22-12-9-20(10-13-22)23-14-11-21(16-24(23)26)19-7-5-18(6-8-19)4-3-15-27/h5-14,16,25,27-28H,1,3-4,15H2,2H3/t25-/m0/s1. The minimum Gasteiger partial charge on any atom is -0.461 e. The lowest BCUT2D eigenvalue weighted by Gasteiger charge is -2.13. The molecule has 3 nitrogen and oxygen atoms in total. The van der Waals surface area contributed by atoms with Crippen molar-refractivity contribution in [2.24, 2.45) is 0 Å². The van der Waals surface area contributed by atoms with Crippen molar-refractivity contribution in [3.63, 3.8) is 0 Å². The third kappa shape index (κ3) is 5.31. The van der Waals surface area contributed by atoms with Gasteiger partial charge in [-0.25, -0.2) is 4.39 Å². The molecule has 0 radical (unpaired) electrons. The van der Waals surface area contributed by atoms with Crippen molar-refractivity contribution in [2.75, 3.05) is 6.61 Å². The number of aliphatic hydroxyl groups excluding tert-OH is 2. The van der Waals surface area contributed by atoms with Crippen LogP contribution in [0, 0.1) is 5.82 Å². The Bertz CT molecular complexity index is 962. The summed E-state index contributed by atoms with van der Waals surface area (Å²) in [6.45, 7) is 5.50. The van der Waals surface area contributed by atoms with Gasteiger partial charge in [0.1, 0.15) is 11.6 Å². The minimum atomic E-state index is -1.06. The van der Waals surface area contributed by atoms with Crippen LogP contribution in [0.15, 0.2) is 78.9 Å². The van der Waals surface area contributed by atoms with Crippen molar-refractivity contribution in [3.05, 3.63) is 90.3 Å². The molecule has 0 saturated carbocycles. The number of halogens is 1. The Balaban J connectivity index is 1.76. The van der Waals surface area contributed by atoms with Crippen LogP contribution in [0.2, 0.25) is 0 Å². The lowest BCUT2D eigenvalue weighted by molar-refractivity contribution is 0.0151. The summed E-state index contributed by atoms with van der Waals surface area (Å²) in [6.07, 6.45) is 0.498. The fraction of sp³-hybridized carbons (Fsp3) is 0.200. The van der Waals surface area contributed by atoms with Gasteiger partial charge in [-0.1, -0.05) is 55.1 Å². The highest BCUT2D eigenvalue weighted by Crippen LogP contribution is 2.29. The average molecular weight is 392 g/mol. The molecule has 0 aliphatic heterocycles. The quantitative estimate of drug-likeness (QED) is 0.401. The van der Waals surface area contributed by atoms with Crippen LogP contribution in [0.5, 0.6) is 5.75 Å². The van der Waals surface area contributed by atoms with Crippen molar-refractivity contribution < 1.29 is 19.3 Å². The van der Waals surface area contributed by atoms with Crippen LogP contribution in [-0.2, 0) is 6.42 Å². The van der Waals surface area contributed by atoms with Gasteiger partial charge >= 0.3 is 0 Å². The molecule has 0 spiro atoms. The molecular formula is C25H25FO3. The molecule has 3 aromatic rings. The van der Waals surface area contributed by atoms with Gasteiger partial charge in [0.2, 0.25) is 6.29 Å². The molecular weight excluding hydrogens is 367 g/mol. The molecule has 0 unspecified atom stereocenters. The highest BCUT2D eigenvalue weighted by molar-refractivity contribution is 5.71. The first kappa shape index (κ1) is 20.8. The van der Waals surface area contributed by atoms with Gasteiger partial charge in [0.25, 0.3) is 0 Å². The molecule has 3 aromatic carbocycles. The summed E-state index contributed by atoms with van der Waals surface area (Å²) >= 11 is 0. The maximum absolute atomic E-state index is 14.8. The van der Waals surface area contributed by atoms with E-state index in [1.165, 1.54) is 6.07 Å². The molecule has 0 amide bonds. The second-order valence-electron chi connectivity index (χ2n) is 7.06. The summed E-state index contributed by atoms with van der Waals surface area (Å²) < 4.78 is 20.1. The molecule has 0 bridgehead atoms. The van der Waals surface area contributed by atoms with Crippen molar-refractivity contribution >= 4 is 0 Å². The zero-order chi connectivity index (χ0) is 20.8. The molecule has 0 fully saturated rings. The largest absolute Gasteiger partial charge is 0.461 e. The Morgan fingerprint density at radius 2 is 1.59 bits per heavy atom. The lowest BCUT2D eigenvalue weighted by atomic mass is 9.98. The zero-order valence-electron chi connectivity index (χ0n) is 16.4. The average Bonchev–Trinajstić information content (AvgIpc) is 2.73. The van der Waals surface area contributed by atoms with E-state index >= 15 is 0 Å². The van der Waals surface area contributed by atoms with Gasteiger partial charge in [-0.2, -0.15) is 0 Å². The molecule has 0 aliphatic carbocycles. The summed E-state index contributed by atoms with van der Waals surface area (Å²) in [4.78, 5) is 0. The molecule has 29 heavy (non-hydrogen) atoms. The maximum atomic E-state index is 14.8. The van der Waals surface area contributed by atoms with Gasteiger partial charge in [0.15, 0.2) is 0 Å². The predicted molar refractivity (Wildman–Crippen MR) is 114 cm³/mol. The first-order valence-electron chi connectivity index (χ1n) is 9.58. The lowest BCUT2D eigenvalue weighted by Crippen LogP contribution is -2.15. The summed E-state index contributed by atoms with van der Waals surface area (Å²) in [5.41, 5.74) is 4.65. The number of ether oxygens (including phenoxy) is 1. The van der Waals surface area contributed by atoms with Gasteiger partial charge in [-0.3, -0.25) is 0 Å². The van der Waals surface area contributed by atoms with E-state index in [4.69, 9.17) is 9.84 Å². The van der Waals surface area contributed by atoms with Gasteiger partial charge in [-0.05, 0) is 65.8 Å². The summed E-state index contributed by atoms with van der Waals surface area (Å²) in [5.74, 6) is 0.185. The fourth-order valence-corrected chi connectivity index (χ4v) is 3.02. The topological polar surface area (TPSA) is 49.7 Å². The van der Waals surface area contributed by atoms with Gasteiger partial charge < -0.3 is 14.9 Å². The number of hydrogen-bond acceptors (Lipinski definition) is 3. The minimum absolute atomic E-state index is 0.177. The second-order valence-corrected chi connectivity index (χ2v) is 7.06. The van der Waals surface area contributed by atoms with E-state index in [1.807, 2.05) is 30.3 Å². The first-order valence-corrected chi connectivity index (χ1v) is 9.58. The van der Waals surface area contributed by atoms with Crippen LogP contribution >= 0.6 is 0 Å². The molecule has 0 aromatic heterocycles. The monoisotopic (exact) mass is 392 g/mol. The molecule has 2 N–H and O–H groups in total. The van der Waals surface area contributed by atoms with Gasteiger partial charge in [0.05, 0.1) is 0 Å². The molecule has 150 valence electrons. The number of aryl methyl sites for hydroxylation is 1. The summed E-state index contributed by atoms with van der Waals surface area (Å²) in [6, 6.07) is 20.1. The van der Waals surface area contributed by atoms with E-state index in [1.54, 1.807) is 37.3 Å². The van der Waals surface area contributed by atoms with Crippen molar-refractivity contribution in [3.8, 4) is 28.0 Å². The van der Waals surface area contributed by atoms with Crippen molar-refractivity contribution in [1.29, 1.82) is 0 Å². The molecule has 0 aliphatic rings. The Kier molecular flexibility index (Phi) is 6.81. The number of aliphatic hydroxyl groups is 2. The molecule has 0 heterocycles. The molecule has 3 rings (SSSR count). The van der Waals surface area contributed by atoms with E-state index in [-0.39, 0.29) is 12.4 Å². The fourth-order valence-electron chi connectivity index (χ4n) is 3.02. The normalized spacial score (nSPS) is 11.9. The highest BCUT2D eigenvalue weighted by Gasteiger charge is 2.10. The van der Waals surface area contributed by atoms with Crippen LogP contribution < -0.4 is 4.74 Å². The SMILES string of the molecule is C=C(C)[C@@H](O)Oc1ccc(-c2ccc(-c3ccc(CCCO)cc3)cc2F)cc1. The first-order chi connectivity index (χ1) is 14.0. The molecule has 0 saturated heterocycles. The Hall–Kier alpha value is -2.95. The van der Waals surface area contributed by atoms with Crippen molar-refractivity contribution in [1.82, 2.24) is 0 Å². The predicted octanol–water partition coefficient (Wildman–Crippen LogP) is 5.36. The van der Waals surface area contributed by atoms with E-state index < -0.39 is 6.29 Å². The maximum Gasteiger partial charge on any atom is 0.219 e. The van der Waals surface area contributed by atoms with Crippen LogP contribution in [-0.4, -0.2) is 23.1 Å². The van der Waals surface area contributed by atoms with E-state index in [0.717, 1.165) is 35.1 Å². The third-order valence-electron chi connectivity index (χ3n) is 4.71. The summed E-state index contributed by atoms with van der Waals surface area (Å²) in [5, 5.41) is 18.6. The Morgan fingerprint density at radius 1 is 0.966 bits per heavy atom. The van der Waals surface area contributed by atoms with Crippen molar-refractivity contribution in [2.45, 2.75) is 26.1 Å².